The number of hydrogen-bond donors (Lipinski definition) is 0. The molecule has 1 unspecified atom stereocenters. The largest absolute Gasteiger partial charge is 0.492 e. The number of nitrogens with zero attached hydrogens (tertiary/aromatic N) is 1. The number of hydrogen-bond acceptors (Lipinski definition) is 3. The molecule has 2 aromatic rings. The van der Waals surface area contributed by atoms with Gasteiger partial charge in [-0.05, 0) is 30.7 Å². The third-order valence-corrected chi connectivity index (χ3v) is 3.66. The number of fused-ring (bicyclic) bond motifs is 1. The summed E-state index contributed by atoms with van der Waals surface area (Å²) in [7, 11) is 0. The molecular formula is C14H14BrNO2. The predicted octanol–water partition coefficient (Wildman–Crippen LogP) is 3.41. The van der Waals surface area contributed by atoms with E-state index in [1.807, 2.05) is 24.3 Å². The Kier molecular flexibility index (Phi) is 3.48. The number of ether oxygens (including phenoxy) is 2. The molecule has 2 heterocycles. The van der Waals surface area contributed by atoms with Gasteiger partial charge in [-0.15, -0.1) is 0 Å². The smallest absolute Gasteiger partial charge is 0.130 e. The van der Waals surface area contributed by atoms with Crippen LogP contribution >= 0.6 is 15.9 Å². The van der Waals surface area contributed by atoms with Gasteiger partial charge < -0.3 is 9.47 Å². The molecule has 0 N–H and O–H groups in total. The van der Waals surface area contributed by atoms with Crippen LogP contribution in [-0.2, 0) is 4.74 Å². The van der Waals surface area contributed by atoms with E-state index >= 15 is 0 Å². The Morgan fingerprint density at radius 3 is 3.17 bits per heavy atom. The van der Waals surface area contributed by atoms with Crippen LogP contribution in [0.4, 0.5) is 0 Å². The molecule has 1 aromatic heterocycles. The first kappa shape index (κ1) is 11.9. The highest BCUT2D eigenvalue weighted by Gasteiger charge is 2.16. The van der Waals surface area contributed by atoms with Crippen LogP contribution in [0.1, 0.15) is 6.42 Å². The van der Waals surface area contributed by atoms with E-state index in [9.17, 15) is 0 Å². The second-order valence-corrected chi connectivity index (χ2v) is 5.43. The molecule has 0 bridgehead atoms. The van der Waals surface area contributed by atoms with E-state index in [0.717, 1.165) is 40.8 Å². The van der Waals surface area contributed by atoms with E-state index in [1.165, 1.54) is 0 Å². The minimum absolute atomic E-state index is 0.514. The van der Waals surface area contributed by atoms with Crippen LogP contribution in [0.25, 0.3) is 10.9 Å². The Morgan fingerprint density at radius 2 is 2.33 bits per heavy atom. The predicted molar refractivity (Wildman–Crippen MR) is 73.9 cm³/mol. The van der Waals surface area contributed by atoms with Gasteiger partial charge >= 0.3 is 0 Å². The lowest BCUT2D eigenvalue weighted by atomic mass is 10.1. The molecule has 1 atom stereocenters. The Bertz CT molecular complexity index is 552. The lowest BCUT2D eigenvalue weighted by molar-refractivity contribution is 0.167. The minimum Gasteiger partial charge on any atom is -0.492 e. The topological polar surface area (TPSA) is 31.4 Å². The molecule has 18 heavy (non-hydrogen) atoms. The van der Waals surface area contributed by atoms with Crippen LogP contribution in [0.3, 0.4) is 0 Å². The number of rotatable bonds is 3. The van der Waals surface area contributed by atoms with Gasteiger partial charge in [0.2, 0.25) is 0 Å². The number of benzene rings is 1. The third kappa shape index (κ3) is 2.49. The van der Waals surface area contributed by atoms with Crippen molar-refractivity contribution in [2.75, 3.05) is 19.8 Å². The van der Waals surface area contributed by atoms with Gasteiger partial charge in [-0.3, -0.25) is 4.98 Å². The number of aromatic nitrogens is 1. The molecule has 3 rings (SSSR count). The Labute approximate surface area is 114 Å². The van der Waals surface area contributed by atoms with Crippen molar-refractivity contribution in [2.45, 2.75) is 6.42 Å². The lowest BCUT2D eigenvalue weighted by Gasteiger charge is -2.12. The molecule has 1 aliphatic heterocycles. The second-order valence-electron chi connectivity index (χ2n) is 4.51. The van der Waals surface area contributed by atoms with Crippen molar-refractivity contribution in [3.8, 4) is 5.75 Å². The molecule has 0 saturated carbocycles. The van der Waals surface area contributed by atoms with Gasteiger partial charge in [0, 0.05) is 28.6 Å². The summed E-state index contributed by atoms with van der Waals surface area (Å²) in [5.74, 6) is 1.41. The van der Waals surface area contributed by atoms with Crippen LogP contribution in [-0.4, -0.2) is 24.8 Å². The van der Waals surface area contributed by atoms with Crippen molar-refractivity contribution in [1.82, 2.24) is 4.98 Å². The maximum atomic E-state index is 5.92. The summed E-state index contributed by atoms with van der Waals surface area (Å²) < 4.78 is 12.3. The van der Waals surface area contributed by atoms with Crippen molar-refractivity contribution in [1.29, 1.82) is 0 Å². The molecule has 0 amide bonds. The van der Waals surface area contributed by atoms with Gasteiger partial charge in [-0.25, -0.2) is 0 Å². The monoisotopic (exact) mass is 307 g/mol. The third-order valence-electron chi connectivity index (χ3n) is 3.16. The van der Waals surface area contributed by atoms with Crippen LogP contribution in [0.15, 0.2) is 34.9 Å². The zero-order valence-corrected chi connectivity index (χ0v) is 11.5. The Hall–Kier alpha value is -1.13. The van der Waals surface area contributed by atoms with Crippen LogP contribution < -0.4 is 4.74 Å². The molecule has 0 radical (unpaired) electrons. The van der Waals surface area contributed by atoms with Crippen LogP contribution in [0, 0.1) is 5.92 Å². The SMILES string of the molecule is Brc1ccc2nccc(OCC3CCOC3)c2c1. The summed E-state index contributed by atoms with van der Waals surface area (Å²) >= 11 is 3.48. The number of pyridine rings is 1. The van der Waals surface area contributed by atoms with Crippen molar-refractivity contribution in [3.63, 3.8) is 0 Å². The highest BCUT2D eigenvalue weighted by atomic mass is 79.9. The van der Waals surface area contributed by atoms with Crippen molar-refractivity contribution in [2.24, 2.45) is 5.92 Å². The summed E-state index contributed by atoms with van der Waals surface area (Å²) in [6.45, 7) is 2.38. The van der Waals surface area contributed by atoms with Crippen LogP contribution in [0.5, 0.6) is 5.75 Å². The summed E-state index contributed by atoms with van der Waals surface area (Å²) in [4.78, 5) is 4.34. The van der Waals surface area contributed by atoms with Gasteiger partial charge in [0.25, 0.3) is 0 Å². The molecule has 1 aliphatic rings. The summed E-state index contributed by atoms with van der Waals surface area (Å²) in [6, 6.07) is 7.95. The summed E-state index contributed by atoms with van der Waals surface area (Å²) in [5.41, 5.74) is 0.957. The zero-order chi connectivity index (χ0) is 12.4. The molecule has 1 saturated heterocycles. The van der Waals surface area contributed by atoms with E-state index in [-0.39, 0.29) is 0 Å². The molecule has 1 aromatic carbocycles. The summed E-state index contributed by atoms with van der Waals surface area (Å²) in [6.07, 6.45) is 2.88. The molecule has 3 nitrogen and oxygen atoms in total. The lowest BCUT2D eigenvalue weighted by Crippen LogP contribution is -2.11. The van der Waals surface area contributed by atoms with Gasteiger partial charge in [-0.2, -0.15) is 0 Å². The van der Waals surface area contributed by atoms with E-state index in [4.69, 9.17) is 9.47 Å². The average Bonchev–Trinajstić information content (AvgIpc) is 2.89. The fourth-order valence-corrected chi connectivity index (χ4v) is 2.50. The zero-order valence-electron chi connectivity index (χ0n) is 9.93. The maximum absolute atomic E-state index is 5.92. The Morgan fingerprint density at radius 1 is 1.39 bits per heavy atom. The number of halogens is 1. The van der Waals surface area contributed by atoms with Crippen LogP contribution in [0.2, 0.25) is 0 Å². The van der Waals surface area contributed by atoms with Gasteiger partial charge in [0.15, 0.2) is 0 Å². The molecule has 1 fully saturated rings. The highest BCUT2D eigenvalue weighted by molar-refractivity contribution is 9.10. The maximum Gasteiger partial charge on any atom is 0.130 e. The molecular weight excluding hydrogens is 294 g/mol. The van der Waals surface area contributed by atoms with E-state index in [2.05, 4.69) is 20.9 Å². The molecule has 0 spiro atoms. The summed E-state index contributed by atoms with van der Waals surface area (Å²) in [5, 5.41) is 1.05. The van der Waals surface area contributed by atoms with Crippen molar-refractivity contribution < 1.29 is 9.47 Å². The molecule has 94 valence electrons. The van der Waals surface area contributed by atoms with E-state index < -0.39 is 0 Å². The normalized spacial score (nSPS) is 19.3. The first-order valence-corrected chi connectivity index (χ1v) is 6.87. The second kappa shape index (κ2) is 5.24. The minimum atomic E-state index is 0.514. The Balaban J connectivity index is 1.84. The average molecular weight is 308 g/mol. The van der Waals surface area contributed by atoms with E-state index in [1.54, 1.807) is 6.20 Å². The van der Waals surface area contributed by atoms with Gasteiger partial charge in [0.05, 0.1) is 18.7 Å². The van der Waals surface area contributed by atoms with E-state index in [0.29, 0.717) is 12.5 Å². The fraction of sp³-hybridized carbons (Fsp3) is 0.357. The van der Waals surface area contributed by atoms with Gasteiger partial charge in [0.1, 0.15) is 5.75 Å². The molecule has 0 aliphatic carbocycles. The standard InChI is InChI=1S/C14H14BrNO2/c15-11-1-2-13-12(7-11)14(3-5-16-13)18-9-10-4-6-17-8-10/h1-3,5,7,10H,4,6,8-9H2. The first-order chi connectivity index (χ1) is 8.83. The van der Waals surface area contributed by atoms with Gasteiger partial charge in [-0.1, -0.05) is 15.9 Å². The fourth-order valence-electron chi connectivity index (χ4n) is 2.14. The van der Waals surface area contributed by atoms with Crippen molar-refractivity contribution >= 4 is 26.8 Å². The quantitative estimate of drug-likeness (QED) is 0.871. The molecule has 4 heteroatoms. The first-order valence-electron chi connectivity index (χ1n) is 6.08. The van der Waals surface area contributed by atoms with Crippen molar-refractivity contribution in [3.05, 3.63) is 34.9 Å². The highest BCUT2D eigenvalue weighted by Crippen LogP contribution is 2.27.